The molecule has 1 spiro atoms. The van der Waals surface area contributed by atoms with Gasteiger partial charge in [-0.15, -0.1) is 0 Å². The largest absolute Gasteiger partial charge is 0.342 e. The summed E-state index contributed by atoms with van der Waals surface area (Å²) in [5.41, 5.74) is -0.519. The van der Waals surface area contributed by atoms with Crippen LogP contribution in [0.5, 0.6) is 0 Å². The summed E-state index contributed by atoms with van der Waals surface area (Å²) in [6, 6.07) is -0.291. The number of carbonyl (C=O) groups is 2. The van der Waals surface area contributed by atoms with E-state index in [1.807, 2.05) is 4.90 Å². The van der Waals surface area contributed by atoms with E-state index < -0.39 is 5.54 Å². The van der Waals surface area contributed by atoms with Crippen LogP contribution >= 0.6 is 0 Å². The van der Waals surface area contributed by atoms with Crippen molar-refractivity contribution in [1.29, 1.82) is 0 Å². The van der Waals surface area contributed by atoms with Crippen molar-refractivity contribution in [2.24, 2.45) is 0 Å². The SMILES string of the molecule is CCCCCN1C(=O)C(CCC)NC(=O)C12CCCC2. The first-order valence-electron chi connectivity index (χ1n) is 8.28. The van der Waals surface area contributed by atoms with Gasteiger partial charge in [0.25, 0.3) is 0 Å². The molecule has 2 amide bonds. The van der Waals surface area contributed by atoms with Gasteiger partial charge in [0.1, 0.15) is 11.6 Å². The number of carbonyl (C=O) groups excluding carboxylic acids is 2. The molecule has 2 fully saturated rings. The van der Waals surface area contributed by atoms with Gasteiger partial charge in [0.05, 0.1) is 0 Å². The number of piperazine rings is 1. The monoisotopic (exact) mass is 280 g/mol. The molecule has 2 rings (SSSR count). The normalized spacial score (nSPS) is 25.3. The Hall–Kier alpha value is -1.06. The van der Waals surface area contributed by atoms with Crippen LogP contribution < -0.4 is 5.32 Å². The van der Waals surface area contributed by atoms with Gasteiger partial charge in [-0.3, -0.25) is 9.59 Å². The maximum absolute atomic E-state index is 12.7. The van der Waals surface area contributed by atoms with E-state index in [0.717, 1.165) is 64.3 Å². The van der Waals surface area contributed by atoms with Crippen LogP contribution in [0.25, 0.3) is 0 Å². The van der Waals surface area contributed by atoms with Gasteiger partial charge < -0.3 is 10.2 Å². The molecular formula is C16H28N2O2. The second-order valence-electron chi connectivity index (χ2n) is 6.25. The van der Waals surface area contributed by atoms with Crippen molar-refractivity contribution in [3.8, 4) is 0 Å². The molecular weight excluding hydrogens is 252 g/mol. The molecule has 4 heteroatoms. The van der Waals surface area contributed by atoms with Gasteiger partial charge in [-0.05, 0) is 25.7 Å². The van der Waals surface area contributed by atoms with Crippen LogP contribution in [0.15, 0.2) is 0 Å². The minimum Gasteiger partial charge on any atom is -0.342 e. The molecule has 1 saturated heterocycles. The van der Waals surface area contributed by atoms with Crippen molar-refractivity contribution >= 4 is 11.8 Å². The number of nitrogens with one attached hydrogen (secondary N) is 1. The topological polar surface area (TPSA) is 49.4 Å². The first-order chi connectivity index (χ1) is 9.65. The average Bonchev–Trinajstić information content (AvgIpc) is 2.91. The molecule has 20 heavy (non-hydrogen) atoms. The van der Waals surface area contributed by atoms with Crippen molar-refractivity contribution in [3.05, 3.63) is 0 Å². The zero-order valence-corrected chi connectivity index (χ0v) is 12.9. The van der Waals surface area contributed by atoms with E-state index in [0.29, 0.717) is 0 Å². The zero-order valence-electron chi connectivity index (χ0n) is 12.9. The molecule has 1 saturated carbocycles. The molecule has 0 bridgehead atoms. The van der Waals surface area contributed by atoms with E-state index in [1.54, 1.807) is 0 Å². The summed E-state index contributed by atoms with van der Waals surface area (Å²) in [5, 5.41) is 2.99. The number of hydrogen-bond acceptors (Lipinski definition) is 2. The van der Waals surface area contributed by atoms with Crippen molar-refractivity contribution < 1.29 is 9.59 Å². The van der Waals surface area contributed by atoms with E-state index in [1.165, 1.54) is 0 Å². The van der Waals surface area contributed by atoms with Gasteiger partial charge in [0, 0.05) is 6.54 Å². The van der Waals surface area contributed by atoms with Crippen LogP contribution in [0, 0.1) is 0 Å². The minimum absolute atomic E-state index is 0.101. The summed E-state index contributed by atoms with van der Waals surface area (Å²) in [5.74, 6) is 0.258. The fourth-order valence-corrected chi connectivity index (χ4v) is 3.66. The van der Waals surface area contributed by atoms with E-state index in [9.17, 15) is 9.59 Å². The third-order valence-electron chi connectivity index (χ3n) is 4.80. The van der Waals surface area contributed by atoms with Gasteiger partial charge in [0.2, 0.25) is 11.8 Å². The van der Waals surface area contributed by atoms with Gasteiger partial charge in [-0.1, -0.05) is 46.0 Å². The van der Waals surface area contributed by atoms with Crippen molar-refractivity contribution in [1.82, 2.24) is 10.2 Å². The second-order valence-corrected chi connectivity index (χ2v) is 6.25. The summed E-state index contributed by atoms with van der Waals surface area (Å²) < 4.78 is 0. The maximum atomic E-state index is 12.7. The highest BCUT2D eigenvalue weighted by Gasteiger charge is 2.53. The lowest BCUT2D eigenvalue weighted by atomic mass is 9.88. The summed E-state index contributed by atoms with van der Waals surface area (Å²) in [4.78, 5) is 27.3. The molecule has 1 heterocycles. The molecule has 4 nitrogen and oxygen atoms in total. The van der Waals surface area contributed by atoms with E-state index >= 15 is 0 Å². The molecule has 1 N–H and O–H groups in total. The molecule has 1 unspecified atom stereocenters. The second kappa shape index (κ2) is 6.59. The molecule has 1 aliphatic carbocycles. The molecule has 1 aliphatic heterocycles. The molecule has 0 aromatic heterocycles. The summed E-state index contributed by atoms with van der Waals surface area (Å²) in [6.07, 6.45) is 8.75. The Balaban J connectivity index is 2.17. The first-order valence-corrected chi connectivity index (χ1v) is 8.28. The Kier molecular flexibility index (Phi) is 5.06. The van der Waals surface area contributed by atoms with Crippen LogP contribution in [0.2, 0.25) is 0 Å². The van der Waals surface area contributed by atoms with E-state index in [4.69, 9.17) is 0 Å². The number of unbranched alkanes of at least 4 members (excludes halogenated alkanes) is 2. The van der Waals surface area contributed by atoms with Gasteiger partial charge in [-0.25, -0.2) is 0 Å². The van der Waals surface area contributed by atoms with Crippen LogP contribution in [0.4, 0.5) is 0 Å². The molecule has 0 aromatic carbocycles. The lowest BCUT2D eigenvalue weighted by molar-refractivity contribution is -0.157. The Labute approximate surface area is 122 Å². The van der Waals surface area contributed by atoms with Crippen LogP contribution in [-0.2, 0) is 9.59 Å². The minimum atomic E-state index is -0.519. The highest BCUT2D eigenvalue weighted by molar-refractivity contribution is 6.00. The van der Waals surface area contributed by atoms with Crippen LogP contribution in [0.1, 0.15) is 71.6 Å². The lowest BCUT2D eigenvalue weighted by Crippen LogP contribution is -2.69. The molecule has 0 aromatic rings. The molecule has 0 radical (unpaired) electrons. The fraction of sp³-hybridized carbons (Fsp3) is 0.875. The summed E-state index contributed by atoms with van der Waals surface area (Å²) in [6.45, 7) is 4.97. The highest BCUT2D eigenvalue weighted by atomic mass is 16.2. The standard InChI is InChI=1S/C16H28N2O2/c1-3-5-8-12-18-14(19)13(9-4-2)17-15(20)16(18)10-6-7-11-16/h13H,3-12H2,1-2H3,(H,17,20). The molecule has 1 atom stereocenters. The van der Waals surface area contributed by atoms with Crippen molar-refractivity contribution in [2.45, 2.75) is 83.2 Å². The fourth-order valence-electron chi connectivity index (χ4n) is 3.66. The average molecular weight is 280 g/mol. The third-order valence-corrected chi connectivity index (χ3v) is 4.80. The Morgan fingerprint density at radius 2 is 1.85 bits per heavy atom. The Morgan fingerprint density at radius 1 is 1.15 bits per heavy atom. The number of hydrogen-bond donors (Lipinski definition) is 1. The van der Waals surface area contributed by atoms with Crippen LogP contribution in [-0.4, -0.2) is 34.8 Å². The van der Waals surface area contributed by atoms with Gasteiger partial charge >= 0.3 is 0 Å². The zero-order chi connectivity index (χ0) is 14.6. The predicted octanol–water partition coefficient (Wildman–Crippen LogP) is 2.62. The smallest absolute Gasteiger partial charge is 0.246 e. The van der Waals surface area contributed by atoms with E-state index in [-0.39, 0.29) is 17.9 Å². The highest BCUT2D eigenvalue weighted by Crippen LogP contribution is 2.38. The summed E-state index contributed by atoms with van der Waals surface area (Å²) >= 11 is 0. The summed E-state index contributed by atoms with van der Waals surface area (Å²) in [7, 11) is 0. The quantitative estimate of drug-likeness (QED) is 0.760. The first kappa shape index (κ1) is 15.3. The number of rotatable bonds is 6. The Morgan fingerprint density at radius 3 is 2.45 bits per heavy atom. The number of amides is 2. The maximum Gasteiger partial charge on any atom is 0.246 e. The van der Waals surface area contributed by atoms with Crippen molar-refractivity contribution in [3.63, 3.8) is 0 Å². The molecule has 114 valence electrons. The lowest BCUT2D eigenvalue weighted by Gasteiger charge is -2.46. The van der Waals surface area contributed by atoms with E-state index in [2.05, 4.69) is 19.2 Å². The third kappa shape index (κ3) is 2.70. The molecule has 2 aliphatic rings. The Bertz CT molecular complexity index is 361. The number of nitrogens with zero attached hydrogens (tertiary/aromatic N) is 1. The van der Waals surface area contributed by atoms with Crippen LogP contribution in [0.3, 0.4) is 0 Å². The van der Waals surface area contributed by atoms with Gasteiger partial charge in [-0.2, -0.15) is 0 Å². The van der Waals surface area contributed by atoms with Crippen molar-refractivity contribution in [2.75, 3.05) is 6.54 Å². The van der Waals surface area contributed by atoms with Gasteiger partial charge in [0.15, 0.2) is 0 Å². The predicted molar refractivity (Wildman–Crippen MR) is 79.3 cm³/mol.